The molecule has 2 aromatic rings. The van der Waals surface area contributed by atoms with Crippen LogP contribution in [0.4, 0.5) is 8.78 Å². The smallest absolute Gasteiger partial charge is 0.320 e. The van der Waals surface area contributed by atoms with Crippen LogP contribution in [0.2, 0.25) is 0 Å². The summed E-state index contributed by atoms with van der Waals surface area (Å²) in [7, 11) is 1.49. The molecular formula is C15H12F2O3. The van der Waals surface area contributed by atoms with E-state index in [1.54, 1.807) is 24.3 Å². The predicted octanol–water partition coefficient (Wildman–Crippen LogP) is 3.21. The lowest BCUT2D eigenvalue weighted by molar-refractivity contribution is -0.142. The highest BCUT2D eigenvalue weighted by Gasteiger charge is 2.77. The van der Waals surface area contributed by atoms with Gasteiger partial charge in [-0.15, -0.1) is 0 Å². The molecule has 3 rings (SSSR count). The molecule has 0 radical (unpaired) electrons. The Bertz CT molecular complexity index is 711. The van der Waals surface area contributed by atoms with Crippen LogP contribution in [0, 0.1) is 0 Å². The van der Waals surface area contributed by atoms with Crippen molar-refractivity contribution in [2.24, 2.45) is 0 Å². The van der Waals surface area contributed by atoms with Crippen LogP contribution in [-0.2, 0) is 10.2 Å². The molecule has 5 heteroatoms. The minimum atomic E-state index is -3.21. The molecule has 0 aliphatic heterocycles. The van der Waals surface area contributed by atoms with Crippen molar-refractivity contribution in [3.63, 3.8) is 0 Å². The van der Waals surface area contributed by atoms with Crippen LogP contribution in [0.15, 0.2) is 36.4 Å². The third-order valence-corrected chi connectivity index (χ3v) is 3.92. The highest BCUT2D eigenvalue weighted by molar-refractivity contribution is 5.99. The van der Waals surface area contributed by atoms with Crippen LogP contribution in [0.5, 0.6) is 5.75 Å². The van der Waals surface area contributed by atoms with Crippen molar-refractivity contribution in [3.8, 4) is 5.75 Å². The summed E-state index contributed by atoms with van der Waals surface area (Å²) in [5.74, 6) is -4.16. The van der Waals surface area contributed by atoms with E-state index in [2.05, 4.69) is 0 Å². The second kappa shape index (κ2) is 3.91. The first kappa shape index (κ1) is 12.8. The van der Waals surface area contributed by atoms with E-state index in [0.717, 1.165) is 0 Å². The Labute approximate surface area is 113 Å². The van der Waals surface area contributed by atoms with Crippen molar-refractivity contribution >= 4 is 16.7 Å². The van der Waals surface area contributed by atoms with Gasteiger partial charge >= 0.3 is 5.97 Å². The zero-order valence-electron chi connectivity index (χ0n) is 10.7. The van der Waals surface area contributed by atoms with Gasteiger partial charge in [0, 0.05) is 11.8 Å². The van der Waals surface area contributed by atoms with Gasteiger partial charge in [0.2, 0.25) is 0 Å². The summed E-state index contributed by atoms with van der Waals surface area (Å²) in [5, 5.41) is 10.4. The molecule has 1 atom stereocenters. The summed E-state index contributed by atoms with van der Waals surface area (Å²) in [5.41, 5.74) is -1.97. The molecule has 3 nitrogen and oxygen atoms in total. The lowest BCUT2D eigenvalue weighted by Gasteiger charge is -2.16. The van der Waals surface area contributed by atoms with E-state index < -0.39 is 23.7 Å². The number of carboxylic acid groups (broad SMARTS) is 1. The van der Waals surface area contributed by atoms with Gasteiger partial charge in [0.25, 0.3) is 5.92 Å². The van der Waals surface area contributed by atoms with Crippen LogP contribution in [0.1, 0.15) is 12.0 Å². The maximum absolute atomic E-state index is 13.7. The average molecular weight is 278 g/mol. The van der Waals surface area contributed by atoms with Gasteiger partial charge in [-0.3, -0.25) is 4.79 Å². The fraction of sp³-hybridized carbons (Fsp3) is 0.267. The normalized spacial score (nSPS) is 23.6. The molecule has 1 aliphatic carbocycles. The summed E-state index contributed by atoms with van der Waals surface area (Å²) < 4.78 is 32.6. The van der Waals surface area contributed by atoms with Crippen molar-refractivity contribution in [3.05, 3.63) is 42.0 Å². The number of hydrogen-bond donors (Lipinski definition) is 1. The first-order valence-electron chi connectivity index (χ1n) is 6.11. The van der Waals surface area contributed by atoms with Crippen molar-refractivity contribution in [1.82, 2.24) is 0 Å². The number of rotatable bonds is 3. The summed E-state index contributed by atoms with van der Waals surface area (Å²) in [6, 6.07) is 9.79. The molecule has 0 bridgehead atoms. The Morgan fingerprint density at radius 1 is 1.20 bits per heavy atom. The molecule has 1 fully saturated rings. The molecule has 0 heterocycles. The number of aliphatic carboxylic acids is 1. The third-order valence-electron chi connectivity index (χ3n) is 3.92. The largest absolute Gasteiger partial charge is 0.496 e. The minimum Gasteiger partial charge on any atom is -0.496 e. The molecule has 1 N–H and O–H groups in total. The Morgan fingerprint density at radius 3 is 2.30 bits per heavy atom. The molecule has 2 aromatic carbocycles. The lowest BCUT2D eigenvalue weighted by atomic mass is 9.90. The quantitative estimate of drug-likeness (QED) is 0.937. The Morgan fingerprint density at radius 2 is 1.80 bits per heavy atom. The van der Waals surface area contributed by atoms with E-state index in [1.165, 1.54) is 19.2 Å². The van der Waals surface area contributed by atoms with E-state index >= 15 is 0 Å². The highest BCUT2D eigenvalue weighted by Crippen LogP contribution is 2.63. The van der Waals surface area contributed by atoms with Crippen molar-refractivity contribution in [2.75, 3.05) is 7.11 Å². The van der Waals surface area contributed by atoms with E-state index in [0.29, 0.717) is 16.5 Å². The summed E-state index contributed by atoms with van der Waals surface area (Å²) in [4.78, 5) is 11.4. The maximum atomic E-state index is 13.7. The zero-order valence-corrected chi connectivity index (χ0v) is 10.7. The van der Waals surface area contributed by atoms with Gasteiger partial charge in [-0.05, 0) is 17.0 Å². The molecule has 1 saturated carbocycles. The first-order chi connectivity index (χ1) is 9.44. The molecule has 0 amide bonds. The Balaban J connectivity index is 2.31. The topological polar surface area (TPSA) is 46.5 Å². The summed E-state index contributed by atoms with van der Waals surface area (Å²) >= 11 is 0. The fourth-order valence-electron chi connectivity index (χ4n) is 2.75. The standard InChI is InChI=1S/C15H12F2O3/c1-20-12-7-6-11(9-4-2-3-5-10(9)12)14(13(18)19)8-15(14,16)17/h2-7H,8H2,1H3,(H,18,19). The van der Waals surface area contributed by atoms with E-state index in [-0.39, 0.29) is 5.56 Å². The number of halogens is 2. The molecule has 0 saturated heterocycles. The molecule has 1 aliphatic rings. The summed E-state index contributed by atoms with van der Waals surface area (Å²) in [6.45, 7) is 0. The number of carbonyl (C=O) groups is 1. The number of benzene rings is 2. The first-order valence-corrected chi connectivity index (χ1v) is 6.11. The van der Waals surface area contributed by atoms with Crippen LogP contribution in [0.25, 0.3) is 10.8 Å². The van der Waals surface area contributed by atoms with Crippen LogP contribution < -0.4 is 4.74 Å². The van der Waals surface area contributed by atoms with Crippen LogP contribution >= 0.6 is 0 Å². The number of alkyl halides is 2. The highest BCUT2D eigenvalue weighted by atomic mass is 19.3. The van der Waals surface area contributed by atoms with E-state index in [4.69, 9.17) is 4.74 Å². The number of methoxy groups -OCH3 is 1. The zero-order chi connectivity index (χ0) is 14.5. The monoisotopic (exact) mass is 278 g/mol. The van der Waals surface area contributed by atoms with Gasteiger partial charge in [0.15, 0.2) is 5.41 Å². The van der Waals surface area contributed by atoms with Gasteiger partial charge in [-0.2, -0.15) is 0 Å². The van der Waals surface area contributed by atoms with Crippen molar-refractivity contribution < 1.29 is 23.4 Å². The fourth-order valence-corrected chi connectivity index (χ4v) is 2.75. The number of ether oxygens (including phenoxy) is 1. The second-order valence-corrected chi connectivity index (χ2v) is 4.95. The van der Waals surface area contributed by atoms with E-state index in [1.807, 2.05) is 0 Å². The minimum absolute atomic E-state index is 0.145. The lowest BCUT2D eigenvalue weighted by Crippen LogP contribution is -2.27. The van der Waals surface area contributed by atoms with Crippen LogP contribution in [0.3, 0.4) is 0 Å². The molecule has 0 spiro atoms. The molecule has 20 heavy (non-hydrogen) atoms. The number of carboxylic acids is 1. The summed E-state index contributed by atoms with van der Waals surface area (Å²) in [6.07, 6.45) is -0.661. The van der Waals surface area contributed by atoms with Crippen molar-refractivity contribution in [2.45, 2.75) is 17.8 Å². The molecule has 104 valence electrons. The molecular weight excluding hydrogens is 266 g/mol. The Hall–Kier alpha value is -2.17. The second-order valence-electron chi connectivity index (χ2n) is 4.95. The SMILES string of the molecule is COc1ccc(C2(C(=O)O)CC2(F)F)c2ccccc12. The molecule has 1 unspecified atom stereocenters. The number of hydrogen-bond acceptors (Lipinski definition) is 2. The van der Waals surface area contributed by atoms with Crippen molar-refractivity contribution in [1.29, 1.82) is 0 Å². The van der Waals surface area contributed by atoms with Gasteiger partial charge < -0.3 is 9.84 Å². The van der Waals surface area contributed by atoms with Gasteiger partial charge in [-0.1, -0.05) is 30.3 Å². The third kappa shape index (κ3) is 1.46. The van der Waals surface area contributed by atoms with Gasteiger partial charge in [-0.25, -0.2) is 8.78 Å². The van der Waals surface area contributed by atoms with Gasteiger partial charge in [0.05, 0.1) is 7.11 Å². The predicted molar refractivity (Wildman–Crippen MR) is 69.4 cm³/mol. The van der Waals surface area contributed by atoms with E-state index in [9.17, 15) is 18.7 Å². The Kier molecular flexibility index (Phi) is 2.51. The average Bonchev–Trinajstić information content (AvgIpc) is 3.02. The van der Waals surface area contributed by atoms with Crippen LogP contribution in [-0.4, -0.2) is 24.1 Å². The molecule has 0 aromatic heterocycles. The number of fused-ring (bicyclic) bond motifs is 1. The van der Waals surface area contributed by atoms with Gasteiger partial charge in [0.1, 0.15) is 5.75 Å². The maximum Gasteiger partial charge on any atom is 0.320 e.